The lowest BCUT2D eigenvalue weighted by molar-refractivity contribution is 0.153. The second kappa shape index (κ2) is 9.97. The lowest BCUT2D eigenvalue weighted by Crippen LogP contribution is -2.40. The second-order valence-electron chi connectivity index (χ2n) is 6.87. The first kappa shape index (κ1) is 18.2. The molecule has 21 heavy (non-hydrogen) atoms. The van der Waals surface area contributed by atoms with Gasteiger partial charge in [0.1, 0.15) is 0 Å². The van der Waals surface area contributed by atoms with Crippen LogP contribution in [0.15, 0.2) is 30.3 Å². The molecule has 0 bridgehead atoms. The molecule has 0 aliphatic carbocycles. The highest BCUT2D eigenvalue weighted by Gasteiger charge is 2.21. The molecule has 1 rings (SSSR count). The van der Waals surface area contributed by atoms with Gasteiger partial charge in [-0.25, -0.2) is 0 Å². The average molecular weight is 290 g/mol. The molecule has 0 aromatic heterocycles. The summed E-state index contributed by atoms with van der Waals surface area (Å²) in [6.07, 6.45) is 1.19. The van der Waals surface area contributed by atoms with Gasteiger partial charge in [0.05, 0.1) is 0 Å². The van der Waals surface area contributed by atoms with E-state index in [0.717, 1.165) is 26.2 Å². The highest BCUT2D eigenvalue weighted by atomic mass is 15.2. The van der Waals surface area contributed by atoms with E-state index in [4.69, 9.17) is 0 Å². The maximum atomic E-state index is 3.62. The molecule has 2 nitrogen and oxygen atoms in total. The SMILES string of the molecule is CCCNCC(c1ccccc1)N(CC(C)C)CC(C)C. The van der Waals surface area contributed by atoms with Crippen LogP contribution >= 0.6 is 0 Å². The zero-order chi connectivity index (χ0) is 15.7. The average Bonchev–Trinajstić information content (AvgIpc) is 2.43. The quantitative estimate of drug-likeness (QED) is 0.645. The predicted octanol–water partition coefficient (Wildman–Crippen LogP) is 4.34. The van der Waals surface area contributed by atoms with Crippen molar-refractivity contribution in [3.05, 3.63) is 35.9 Å². The minimum atomic E-state index is 0.475. The van der Waals surface area contributed by atoms with Crippen molar-refractivity contribution in [2.24, 2.45) is 11.8 Å². The van der Waals surface area contributed by atoms with Gasteiger partial charge in [-0.3, -0.25) is 4.90 Å². The molecule has 2 heteroatoms. The molecule has 0 spiro atoms. The number of nitrogens with zero attached hydrogens (tertiary/aromatic N) is 1. The van der Waals surface area contributed by atoms with Crippen molar-refractivity contribution in [3.63, 3.8) is 0 Å². The molecule has 0 saturated carbocycles. The van der Waals surface area contributed by atoms with Crippen molar-refractivity contribution in [1.82, 2.24) is 10.2 Å². The van der Waals surface area contributed by atoms with Crippen LogP contribution in [-0.4, -0.2) is 31.1 Å². The molecule has 1 atom stereocenters. The summed E-state index contributed by atoms with van der Waals surface area (Å²) in [6.45, 7) is 15.9. The van der Waals surface area contributed by atoms with E-state index in [2.05, 4.69) is 75.2 Å². The van der Waals surface area contributed by atoms with E-state index in [9.17, 15) is 0 Å². The van der Waals surface area contributed by atoms with Crippen molar-refractivity contribution in [1.29, 1.82) is 0 Å². The third-order valence-corrected chi connectivity index (χ3v) is 3.59. The van der Waals surface area contributed by atoms with Crippen molar-refractivity contribution in [2.45, 2.75) is 47.1 Å². The van der Waals surface area contributed by atoms with Crippen molar-refractivity contribution >= 4 is 0 Å². The molecule has 1 unspecified atom stereocenters. The van der Waals surface area contributed by atoms with E-state index in [1.54, 1.807) is 0 Å². The van der Waals surface area contributed by atoms with Gasteiger partial charge in [0, 0.05) is 25.7 Å². The molecule has 0 heterocycles. The van der Waals surface area contributed by atoms with Crippen LogP contribution in [0.3, 0.4) is 0 Å². The fraction of sp³-hybridized carbons (Fsp3) is 0.684. The van der Waals surface area contributed by atoms with Gasteiger partial charge in [-0.1, -0.05) is 65.0 Å². The minimum absolute atomic E-state index is 0.475. The Morgan fingerprint density at radius 2 is 1.52 bits per heavy atom. The van der Waals surface area contributed by atoms with E-state index >= 15 is 0 Å². The summed E-state index contributed by atoms with van der Waals surface area (Å²) >= 11 is 0. The van der Waals surface area contributed by atoms with Gasteiger partial charge in [0.15, 0.2) is 0 Å². The van der Waals surface area contributed by atoms with Crippen LogP contribution < -0.4 is 5.32 Å². The Morgan fingerprint density at radius 3 is 2.00 bits per heavy atom. The van der Waals surface area contributed by atoms with Gasteiger partial charge < -0.3 is 5.32 Å². The van der Waals surface area contributed by atoms with Gasteiger partial charge >= 0.3 is 0 Å². The number of hydrogen-bond donors (Lipinski definition) is 1. The Bertz CT molecular complexity index is 349. The number of benzene rings is 1. The third-order valence-electron chi connectivity index (χ3n) is 3.59. The van der Waals surface area contributed by atoms with E-state index < -0.39 is 0 Å². The smallest absolute Gasteiger partial charge is 0.0472 e. The zero-order valence-electron chi connectivity index (χ0n) is 14.6. The fourth-order valence-electron chi connectivity index (χ4n) is 2.82. The number of nitrogens with one attached hydrogen (secondary N) is 1. The fourth-order valence-corrected chi connectivity index (χ4v) is 2.82. The van der Waals surface area contributed by atoms with E-state index in [1.807, 2.05) is 0 Å². The Morgan fingerprint density at radius 1 is 0.952 bits per heavy atom. The van der Waals surface area contributed by atoms with Crippen LogP contribution in [0.25, 0.3) is 0 Å². The summed E-state index contributed by atoms with van der Waals surface area (Å²) in [5.74, 6) is 1.39. The first-order valence-electron chi connectivity index (χ1n) is 8.54. The summed E-state index contributed by atoms with van der Waals surface area (Å²) in [6, 6.07) is 11.4. The van der Waals surface area contributed by atoms with Crippen molar-refractivity contribution in [2.75, 3.05) is 26.2 Å². The van der Waals surface area contributed by atoms with E-state index in [-0.39, 0.29) is 0 Å². The number of rotatable bonds is 10. The van der Waals surface area contributed by atoms with Gasteiger partial charge in [-0.15, -0.1) is 0 Å². The molecule has 0 amide bonds. The molecular formula is C19H34N2. The summed E-state index contributed by atoms with van der Waals surface area (Å²) in [7, 11) is 0. The normalized spacial score (nSPS) is 13.3. The van der Waals surface area contributed by atoms with E-state index in [0.29, 0.717) is 17.9 Å². The lowest BCUT2D eigenvalue weighted by atomic mass is 10.0. The largest absolute Gasteiger partial charge is 0.315 e. The Hall–Kier alpha value is -0.860. The van der Waals surface area contributed by atoms with Gasteiger partial charge in [0.25, 0.3) is 0 Å². The van der Waals surface area contributed by atoms with Crippen LogP contribution in [0.5, 0.6) is 0 Å². The van der Waals surface area contributed by atoms with Crippen LogP contribution in [0.4, 0.5) is 0 Å². The second-order valence-corrected chi connectivity index (χ2v) is 6.87. The minimum Gasteiger partial charge on any atom is -0.315 e. The maximum absolute atomic E-state index is 3.62. The first-order valence-corrected chi connectivity index (χ1v) is 8.54. The summed E-state index contributed by atoms with van der Waals surface area (Å²) in [5.41, 5.74) is 1.43. The molecule has 0 saturated heterocycles. The maximum Gasteiger partial charge on any atom is 0.0472 e. The van der Waals surface area contributed by atoms with Crippen LogP contribution in [0.2, 0.25) is 0 Å². The van der Waals surface area contributed by atoms with Crippen molar-refractivity contribution in [3.8, 4) is 0 Å². The standard InChI is InChI=1S/C19H34N2/c1-6-12-20-13-19(18-10-8-7-9-11-18)21(14-16(2)3)15-17(4)5/h7-11,16-17,19-20H,6,12-15H2,1-5H3. The van der Waals surface area contributed by atoms with Crippen LogP contribution in [-0.2, 0) is 0 Å². The Kier molecular flexibility index (Phi) is 8.63. The third kappa shape index (κ3) is 7.10. The first-order chi connectivity index (χ1) is 10.0. The molecule has 120 valence electrons. The Balaban J connectivity index is 2.88. The lowest BCUT2D eigenvalue weighted by Gasteiger charge is -2.35. The summed E-state index contributed by atoms with van der Waals surface area (Å²) in [5, 5.41) is 3.62. The van der Waals surface area contributed by atoms with Gasteiger partial charge in [-0.2, -0.15) is 0 Å². The Labute approximate surface area is 131 Å². The predicted molar refractivity (Wildman–Crippen MR) is 93.6 cm³/mol. The van der Waals surface area contributed by atoms with Crippen LogP contribution in [0, 0.1) is 11.8 Å². The molecule has 1 aromatic carbocycles. The topological polar surface area (TPSA) is 15.3 Å². The van der Waals surface area contributed by atoms with Gasteiger partial charge in [-0.05, 0) is 30.4 Å². The summed E-state index contributed by atoms with van der Waals surface area (Å²) < 4.78 is 0. The highest BCUT2D eigenvalue weighted by Crippen LogP contribution is 2.22. The molecule has 0 aliphatic rings. The zero-order valence-corrected chi connectivity index (χ0v) is 14.6. The van der Waals surface area contributed by atoms with Crippen LogP contribution in [0.1, 0.15) is 52.6 Å². The van der Waals surface area contributed by atoms with E-state index in [1.165, 1.54) is 12.0 Å². The highest BCUT2D eigenvalue weighted by molar-refractivity contribution is 5.19. The molecular weight excluding hydrogens is 256 g/mol. The number of hydrogen-bond acceptors (Lipinski definition) is 2. The van der Waals surface area contributed by atoms with Gasteiger partial charge in [0.2, 0.25) is 0 Å². The monoisotopic (exact) mass is 290 g/mol. The molecule has 0 radical (unpaired) electrons. The molecule has 1 aromatic rings. The molecule has 0 aliphatic heterocycles. The van der Waals surface area contributed by atoms with Crippen molar-refractivity contribution < 1.29 is 0 Å². The molecule has 0 fully saturated rings. The summed E-state index contributed by atoms with van der Waals surface area (Å²) in [4.78, 5) is 2.66. The molecule has 1 N–H and O–H groups in total.